The van der Waals surface area contributed by atoms with Crippen LogP contribution in [0.5, 0.6) is 5.75 Å². The molecule has 0 aromatic heterocycles. The molecule has 152 valence electrons. The third kappa shape index (κ3) is 3.52. The van der Waals surface area contributed by atoms with Gasteiger partial charge in [0.15, 0.2) is 0 Å². The highest BCUT2D eigenvalue weighted by atomic mass is 16.5. The van der Waals surface area contributed by atoms with Crippen LogP contribution in [0.15, 0.2) is 36.4 Å². The second kappa shape index (κ2) is 7.06. The van der Waals surface area contributed by atoms with Crippen molar-refractivity contribution in [3.63, 3.8) is 0 Å². The number of carbonyl (C=O) groups excluding carboxylic acids is 3. The number of amides is 4. The quantitative estimate of drug-likeness (QED) is 0.736. The maximum atomic E-state index is 13.1. The minimum Gasteiger partial charge on any atom is -0.497 e. The van der Waals surface area contributed by atoms with Crippen LogP contribution in [0.2, 0.25) is 0 Å². The predicted octanol–water partition coefficient (Wildman–Crippen LogP) is 2.53. The summed E-state index contributed by atoms with van der Waals surface area (Å²) >= 11 is 0. The number of nitrogens with one attached hydrogen (secondary N) is 2. The van der Waals surface area contributed by atoms with Crippen molar-refractivity contribution in [3.8, 4) is 5.75 Å². The van der Waals surface area contributed by atoms with Crippen LogP contribution < -0.4 is 15.4 Å². The molecule has 4 rings (SSSR count). The van der Waals surface area contributed by atoms with E-state index in [4.69, 9.17) is 4.74 Å². The molecule has 2 aliphatic rings. The summed E-state index contributed by atoms with van der Waals surface area (Å²) in [7, 11) is 1.61. The molecule has 1 saturated heterocycles. The number of benzene rings is 2. The highest BCUT2D eigenvalue weighted by Gasteiger charge is 2.49. The summed E-state index contributed by atoms with van der Waals surface area (Å²) in [4.78, 5) is 38.9. The van der Waals surface area contributed by atoms with Crippen LogP contribution in [0.3, 0.4) is 0 Å². The number of ether oxygens (including phenoxy) is 1. The van der Waals surface area contributed by atoms with Gasteiger partial charge in [0.2, 0.25) is 5.91 Å². The molecule has 2 aromatic carbocycles. The molecule has 0 bridgehead atoms. The Bertz CT molecular complexity index is 1000. The number of imide groups is 1. The summed E-state index contributed by atoms with van der Waals surface area (Å²) < 4.78 is 5.24. The van der Waals surface area contributed by atoms with E-state index in [-0.39, 0.29) is 18.5 Å². The largest absolute Gasteiger partial charge is 0.497 e. The number of hydrogen-bond acceptors (Lipinski definition) is 4. The van der Waals surface area contributed by atoms with Crippen LogP contribution in [0.25, 0.3) is 10.8 Å². The molecule has 7 nitrogen and oxygen atoms in total. The van der Waals surface area contributed by atoms with Crippen molar-refractivity contribution in [3.05, 3.63) is 42.0 Å². The van der Waals surface area contributed by atoms with E-state index in [0.29, 0.717) is 11.5 Å². The monoisotopic (exact) mass is 395 g/mol. The van der Waals surface area contributed by atoms with E-state index in [9.17, 15) is 14.4 Å². The standard InChI is InChI=1S/C22H25N3O4/c1-13(14-4-5-14)23-19(26)12-25-20(27)22(2,24-21(25)28)17-8-6-16-11-18(29-3)9-7-15(16)10-17/h6-11,13-14H,4-5,12H2,1-3H3,(H,23,26)(H,24,28)/t13-,22-/m1/s1. The molecule has 0 radical (unpaired) electrons. The molecule has 2 fully saturated rings. The molecule has 1 saturated carbocycles. The summed E-state index contributed by atoms with van der Waals surface area (Å²) in [5.41, 5.74) is -0.545. The van der Waals surface area contributed by atoms with Gasteiger partial charge >= 0.3 is 6.03 Å². The Morgan fingerprint density at radius 2 is 1.93 bits per heavy atom. The van der Waals surface area contributed by atoms with Gasteiger partial charge in [0.05, 0.1) is 7.11 Å². The summed E-state index contributed by atoms with van der Waals surface area (Å²) in [6.07, 6.45) is 2.22. The maximum absolute atomic E-state index is 13.1. The van der Waals surface area contributed by atoms with Crippen LogP contribution in [0.4, 0.5) is 4.79 Å². The molecule has 1 aliphatic heterocycles. The third-order valence-corrected chi connectivity index (χ3v) is 5.92. The minimum absolute atomic E-state index is 0.0622. The van der Waals surface area contributed by atoms with Crippen LogP contribution in [0.1, 0.15) is 32.3 Å². The second-order valence-corrected chi connectivity index (χ2v) is 8.07. The highest BCUT2D eigenvalue weighted by Crippen LogP contribution is 2.33. The van der Waals surface area contributed by atoms with Crippen molar-refractivity contribution in [2.45, 2.75) is 38.3 Å². The molecule has 2 aromatic rings. The van der Waals surface area contributed by atoms with Crippen LogP contribution in [-0.4, -0.2) is 42.4 Å². The van der Waals surface area contributed by atoms with Crippen molar-refractivity contribution in [1.82, 2.24) is 15.5 Å². The zero-order valence-electron chi connectivity index (χ0n) is 16.8. The van der Waals surface area contributed by atoms with E-state index in [0.717, 1.165) is 34.3 Å². The van der Waals surface area contributed by atoms with Gasteiger partial charge < -0.3 is 15.4 Å². The summed E-state index contributed by atoms with van der Waals surface area (Å²) in [6, 6.07) is 10.8. The van der Waals surface area contributed by atoms with Crippen molar-refractivity contribution in [1.29, 1.82) is 0 Å². The van der Waals surface area contributed by atoms with Crippen molar-refractivity contribution >= 4 is 28.6 Å². The molecule has 2 atom stereocenters. The number of hydrogen-bond donors (Lipinski definition) is 2. The first-order chi connectivity index (χ1) is 13.8. The van der Waals surface area contributed by atoms with E-state index < -0.39 is 17.5 Å². The molecule has 7 heteroatoms. The lowest BCUT2D eigenvalue weighted by atomic mass is 9.90. The molecule has 2 N–H and O–H groups in total. The fraction of sp³-hybridized carbons (Fsp3) is 0.409. The smallest absolute Gasteiger partial charge is 0.325 e. The van der Waals surface area contributed by atoms with Gasteiger partial charge in [-0.15, -0.1) is 0 Å². The normalized spacial score (nSPS) is 22.5. The van der Waals surface area contributed by atoms with E-state index in [1.165, 1.54) is 0 Å². The topological polar surface area (TPSA) is 87.7 Å². The SMILES string of the molecule is COc1ccc2cc([C@@]3(C)NC(=O)N(CC(=O)N[C@H](C)C4CC4)C3=O)ccc2c1. The van der Waals surface area contributed by atoms with Gasteiger partial charge in [-0.2, -0.15) is 0 Å². The lowest BCUT2D eigenvalue weighted by molar-refractivity contribution is -0.135. The Morgan fingerprint density at radius 1 is 1.24 bits per heavy atom. The number of nitrogens with zero attached hydrogens (tertiary/aromatic N) is 1. The molecule has 0 unspecified atom stereocenters. The molecule has 29 heavy (non-hydrogen) atoms. The van der Waals surface area contributed by atoms with Gasteiger partial charge in [-0.05, 0) is 67.1 Å². The van der Waals surface area contributed by atoms with Crippen LogP contribution >= 0.6 is 0 Å². The zero-order chi connectivity index (χ0) is 20.8. The summed E-state index contributed by atoms with van der Waals surface area (Å²) in [5, 5.41) is 7.55. The Labute approximate surface area is 169 Å². The maximum Gasteiger partial charge on any atom is 0.325 e. The van der Waals surface area contributed by atoms with Crippen LogP contribution in [-0.2, 0) is 15.1 Å². The summed E-state index contributed by atoms with van der Waals surface area (Å²) in [5.74, 6) is 0.509. The highest BCUT2D eigenvalue weighted by molar-refractivity contribution is 6.09. The average Bonchev–Trinajstić information content (AvgIpc) is 3.52. The van der Waals surface area contributed by atoms with E-state index in [2.05, 4.69) is 10.6 Å². The Hall–Kier alpha value is -3.09. The second-order valence-electron chi connectivity index (χ2n) is 8.07. The first-order valence-corrected chi connectivity index (χ1v) is 9.83. The van der Waals surface area contributed by atoms with Crippen LogP contribution in [0, 0.1) is 5.92 Å². The summed E-state index contributed by atoms with van der Waals surface area (Å²) in [6.45, 7) is 3.35. The van der Waals surface area contributed by atoms with E-state index in [1.54, 1.807) is 14.0 Å². The van der Waals surface area contributed by atoms with Gasteiger partial charge in [0.1, 0.15) is 17.8 Å². The van der Waals surface area contributed by atoms with Crippen molar-refractivity contribution in [2.24, 2.45) is 5.92 Å². The molecular weight excluding hydrogens is 370 g/mol. The fourth-order valence-electron chi connectivity index (χ4n) is 3.86. The number of carbonyl (C=O) groups is 3. The van der Waals surface area contributed by atoms with Gasteiger partial charge in [-0.1, -0.05) is 18.2 Å². The molecule has 1 aliphatic carbocycles. The molecular formula is C22H25N3O4. The number of fused-ring (bicyclic) bond motifs is 1. The lowest BCUT2D eigenvalue weighted by Gasteiger charge is -2.23. The first-order valence-electron chi connectivity index (χ1n) is 9.83. The predicted molar refractivity (Wildman–Crippen MR) is 108 cm³/mol. The third-order valence-electron chi connectivity index (χ3n) is 5.92. The number of methoxy groups -OCH3 is 1. The molecule has 1 heterocycles. The van der Waals surface area contributed by atoms with Crippen molar-refractivity contribution < 1.29 is 19.1 Å². The lowest BCUT2D eigenvalue weighted by Crippen LogP contribution is -2.45. The first kappa shape index (κ1) is 19.2. The number of urea groups is 1. The number of rotatable bonds is 6. The van der Waals surface area contributed by atoms with Gasteiger partial charge in [0.25, 0.3) is 5.91 Å². The van der Waals surface area contributed by atoms with E-state index >= 15 is 0 Å². The zero-order valence-corrected chi connectivity index (χ0v) is 16.8. The molecule has 4 amide bonds. The molecule has 0 spiro atoms. The minimum atomic E-state index is -1.21. The fourth-order valence-corrected chi connectivity index (χ4v) is 3.86. The van der Waals surface area contributed by atoms with Gasteiger partial charge in [-0.25, -0.2) is 4.79 Å². The van der Waals surface area contributed by atoms with Crippen molar-refractivity contribution in [2.75, 3.05) is 13.7 Å². The van der Waals surface area contributed by atoms with E-state index in [1.807, 2.05) is 43.3 Å². The van der Waals surface area contributed by atoms with Gasteiger partial charge in [0, 0.05) is 6.04 Å². The van der Waals surface area contributed by atoms with Gasteiger partial charge in [-0.3, -0.25) is 14.5 Å². The average molecular weight is 395 g/mol. The Kier molecular flexibility index (Phi) is 4.68. The Morgan fingerprint density at radius 3 is 2.62 bits per heavy atom. The Balaban J connectivity index is 1.54.